The number of rotatable bonds is 73. The monoisotopic (exact) mass is 1370 g/mol. The lowest BCUT2D eigenvalue weighted by atomic mass is 10.0. The van der Waals surface area contributed by atoms with E-state index >= 15 is 0 Å². The minimum Gasteiger partial charge on any atom is -0.462 e. The smallest absolute Gasteiger partial charge is 0.462 e. The molecule has 0 spiro atoms. The van der Waals surface area contributed by atoms with Gasteiger partial charge in [-0.25, -0.2) is 9.13 Å². The number of carbonyl (C=O) groups excluding carboxylic acids is 4. The largest absolute Gasteiger partial charge is 0.472 e. The predicted molar refractivity (Wildman–Crippen MR) is 377 cm³/mol. The van der Waals surface area contributed by atoms with E-state index in [-0.39, 0.29) is 25.7 Å². The van der Waals surface area contributed by atoms with E-state index in [4.69, 9.17) is 37.0 Å². The van der Waals surface area contributed by atoms with Gasteiger partial charge in [-0.15, -0.1) is 0 Å². The molecule has 0 fully saturated rings. The first-order valence-corrected chi connectivity index (χ1v) is 41.5. The molecule has 0 aliphatic carbocycles. The lowest BCUT2D eigenvalue weighted by Gasteiger charge is -2.21. The number of ether oxygens (including phenoxy) is 4. The summed E-state index contributed by atoms with van der Waals surface area (Å²) in [5.74, 6) is -0.661. The fraction of sp³-hybridized carbons (Fsp3) is 0.946. The van der Waals surface area contributed by atoms with E-state index in [1.807, 2.05) is 0 Å². The van der Waals surface area contributed by atoms with Gasteiger partial charge in [0.05, 0.1) is 26.4 Å². The van der Waals surface area contributed by atoms with Crippen molar-refractivity contribution in [1.29, 1.82) is 0 Å². The van der Waals surface area contributed by atoms with Crippen LogP contribution in [0.4, 0.5) is 0 Å². The molecule has 0 aromatic rings. The van der Waals surface area contributed by atoms with Gasteiger partial charge in [-0.1, -0.05) is 330 Å². The summed E-state index contributed by atoms with van der Waals surface area (Å²) in [7, 11) is -9.90. The van der Waals surface area contributed by atoms with Gasteiger partial charge in [0.1, 0.15) is 19.3 Å². The minimum absolute atomic E-state index is 0.103. The van der Waals surface area contributed by atoms with Crippen LogP contribution in [0.15, 0.2) is 0 Å². The number of hydrogen-bond donors (Lipinski definition) is 3. The van der Waals surface area contributed by atoms with Crippen molar-refractivity contribution in [2.75, 3.05) is 39.6 Å². The van der Waals surface area contributed by atoms with Crippen LogP contribution < -0.4 is 0 Å². The molecule has 5 atom stereocenters. The van der Waals surface area contributed by atoms with Crippen LogP contribution in [0, 0.1) is 11.8 Å². The van der Waals surface area contributed by atoms with E-state index in [2.05, 4.69) is 41.5 Å². The molecule has 17 nitrogen and oxygen atoms in total. The second kappa shape index (κ2) is 66.0. The highest BCUT2D eigenvalue weighted by Crippen LogP contribution is 2.45. The summed E-state index contributed by atoms with van der Waals surface area (Å²) in [4.78, 5) is 72.5. The SMILES string of the molecule is CCCCCCCCCCCCCCCCCCCCCCCCC(=O)O[C@H](COC(=O)CCCCCCCCCCCCCC(C)C)COP(=O)(O)OC[C@@H](O)COP(=O)(O)OC[C@@H](COC(=O)CCCCCCCCC)OC(=O)CCCCCCCCCC(C)C. The van der Waals surface area contributed by atoms with Crippen LogP contribution in [0.3, 0.4) is 0 Å². The van der Waals surface area contributed by atoms with Crippen molar-refractivity contribution in [1.82, 2.24) is 0 Å². The zero-order valence-electron chi connectivity index (χ0n) is 60.6. The summed E-state index contributed by atoms with van der Waals surface area (Å²) < 4.78 is 68.3. The van der Waals surface area contributed by atoms with Crippen LogP contribution >= 0.6 is 15.6 Å². The Balaban J connectivity index is 5.14. The van der Waals surface area contributed by atoms with E-state index in [0.29, 0.717) is 31.6 Å². The van der Waals surface area contributed by atoms with Gasteiger partial charge in [0.25, 0.3) is 0 Å². The molecule has 2 unspecified atom stereocenters. The zero-order valence-corrected chi connectivity index (χ0v) is 62.3. The second-order valence-corrected chi connectivity index (χ2v) is 30.5. The molecule has 0 heterocycles. The molecular weight excluding hydrogens is 1220 g/mol. The average molecular weight is 1370 g/mol. The quantitative estimate of drug-likeness (QED) is 0.0222. The van der Waals surface area contributed by atoms with E-state index < -0.39 is 97.5 Å². The van der Waals surface area contributed by atoms with Gasteiger partial charge < -0.3 is 33.8 Å². The van der Waals surface area contributed by atoms with Gasteiger partial charge in [0.15, 0.2) is 12.2 Å². The highest BCUT2D eigenvalue weighted by atomic mass is 31.2. The number of phosphoric ester groups is 2. The van der Waals surface area contributed by atoms with Crippen molar-refractivity contribution in [3.8, 4) is 0 Å². The summed E-state index contributed by atoms with van der Waals surface area (Å²) >= 11 is 0. The number of esters is 4. The second-order valence-electron chi connectivity index (χ2n) is 27.6. The number of unbranched alkanes of at least 4 members (excludes halogenated alkanes) is 43. The summed E-state index contributed by atoms with van der Waals surface area (Å²) in [5.41, 5.74) is 0. The molecule has 0 rings (SSSR count). The molecule has 0 aromatic carbocycles. The number of carbonyl (C=O) groups is 4. The molecule has 3 N–H and O–H groups in total. The number of aliphatic hydroxyl groups is 1. The van der Waals surface area contributed by atoms with E-state index in [0.717, 1.165) is 109 Å². The molecule has 552 valence electrons. The first-order valence-electron chi connectivity index (χ1n) is 38.5. The van der Waals surface area contributed by atoms with Gasteiger partial charge >= 0.3 is 39.5 Å². The molecule has 0 aliphatic heterocycles. The molecular formula is C74H144O17P2. The molecule has 0 amide bonds. The van der Waals surface area contributed by atoms with Crippen molar-refractivity contribution in [3.63, 3.8) is 0 Å². The van der Waals surface area contributed by atoms with Gasteiger partial charge in [-0.3, -0.25) is 37.3 Å². The van der Waals surface area contributed by atoms with E-state index in [1.165, 1.54) is 186 Å². The van der Waals surface area contributed by atoms with Crippen LogP contribution in [0.5, 0.6) is 0 Å². The Labute approximate surface area is 568 Å². The summed E-state index contributed by atoms with van der Waals surface area (Å²) in [6.07, 6.45) is 53.2. The minimum atomic E-state index is -4.95. The highest BCUT2D eigenvalue weighted by molar-refractivity contribution is 7.47. The first kappa shape index (κ1) is 91.1. The van der Waals surface area contributed by atoms with Crippen LogP contribution in [0.25, 0.3) is 0 Å². The molecule has 19 heteroatoms. The van der Waals surface area contributed by atoms with Gasteiger partial charge in [0, 0.05) is 25.7 Å². The summed E-state index contributed by atoms with van der Waals surface area (Å²) in [5, 5.41) is 10.6. The van der Waals surface area contributed by atoms with Gasteiger partial charge in [0.2, 0.25) is 0 Å². The molecule has 0 bridgehead atoms. The van der Waals surface area contributed by atoms with Crippen LogP contribution in [0.2, 0.25) is 0 Å². The van der Waals surface area contributed by atoms with Crippen molar-refractivity contribution in [2.24, 2.45) is 11.8 Å². The number of phosphoric acid groups is 2. The van der Waals surface area contributed by atoms with Crippen molar-refractivity contribution in [3.05, 3.63) is 0 Å². The maximum absolute atomic E-state index is 13.1. The highest BCUT2D eigenvalue weighted by Gasteiger charge is 2.30. The van der Waals surface area contributed by atoms with E-state index in [1.54, 1.807) is 0 Å². The lowest BCUT2D eigenvalue weighted by Crippen LogP contribution is -2.30. The first-order chi connectivity index (χ1) is 44.9. The maximum Gasteiger partial charge on any atom is 0.472 e. The van der Waals surface area contributed by atoms with Gasteiger partial charge in [-0.2, -0.15) is 0 Å². The zero-order chi connectivity index (χ0) is 68.6. The Bertz CT molecular complexity index is 1800. The number of hydrogen-bond acceptors (Lipinski definition) is 15. The molecule has 0 saturated carbocycles. The molecule has 93 heavy (non-hydrogen) atoms. The van der Waals surface area contributed by atoms with Crippen LogP contribution in [0.1, 0.15) is 382 Å². The summed E-state index contributed by atoms with van der Waals surface area (Å²) in [6.45, 7) is 9.47. The summed E-state index contributed by atoms with van der Waals surface area (Å²) in [6, 6.07) is 0. The van der Waals surface area contributed by atoms with Crippen molar-refractivity contribution >= 4 is 39.5 Å². The molecule has 0 aliphatic rings. The van der Waals surface area contributed by atoms with Crippen LogP contribution in [-0.4, -0.2) is 96.7 Å². The molecule has 0 aromatic heterocycles. The third kappa shape index (κ3) is 68.4. The average Bonchev–Trinajstić information content (AvgIpc) is 1.67. The van der Waals surface area contributed by atoms with Crippen molar-refractivity contribution in [2.45, 2.75) is 400 Å². The van der Waals surface area contributed by atoms with Crippen LogP contribution in [-0.2, 0) is 65.4 Å². The fourth-order valence-corrected chi connectivity index (χ4v) is 12.9. The number of aliphatic hydroxyl groups excluding tert-OH is 1. The topological polar surface area (TPSA) is 237 Å². The maximum atomic E-state index is 13.1. The Kier molecular flexibility index (Phi) is 64.6. The Morgan fingerprint density at radius 3 is 0.731 bits per heavy atom. The third-order valence-corrected chi connectivity index (χ3v) is 19.1. The standard InChI is InChI=1S/C74H144O17P2/c1-7-9-11-13-15-16-17-18-19-20-21-22-23-24-25-26-27-30-34-40-46-52-58-73(78)90-70(63-85-72(77)57-51-45-39-33-31-28-29-32-37-42-48-54-66(3)4)65-89-93(82,83)87-61-68(75)60-86-92(80,81)88-64-69(62-84-71(76)56-50-44-36-14-12-10-8-2)91-74(79)59-53-47-41-35-38-43-49-55-67(5)6/h66-70,75H,7-65H2,1-6H3,(H,80,81)(H,82,83)/t68-,69+,70+/m0/s1. The Hall–Kier alpha value is -1.94. The molecule has 0 radical (unpaired) electrons. The Morgan fingerprint density at radius 1 is 0.290 bits per heavy atom. The predicted octanol–water partition coefficient (Wildman–Crippen LogP) is 21.6. The van der Waals surface area contributed by atoms with Gasteiger partial charge in [-0.05, 0) is 37.5 Å². The normalized spacial score (nSPS) is 14.1. The lowest BCUT2D eigenvalue weighted by molar-refractivity contribution is -0.161. The molecule has 0 saturated heterocycles. The third-order valence-electron chi connectivity index (χ3n) is 17.2. The van der Waals surface area contributed by atoms with E-state index in [9.17, 15) is 43.2 Å². The van der Waals surface area contributed by atoms with Crippen molar-refractivity contribution < 1.29 is 80.2 Å². The Morgan fingerprint density at radius 2 is 0.495 bits per heavy atom. The fourth-order valence-electron chi connectivity index (χ4n) is 11.3.